The first-order valence-electron chi connectivity index (χ1n) is 10.8. The molecule has 1 aromatic carbocycles. The molecular weight excluding hydrogens is 392 g/mol. The third kappa shape index (κ3) is 7.07. The molecule has 1 aromatic heterocycles. The van der Waals surface area contributed by atoms with Gasteiger partial charge in [-0.05, 0) is 38.5 Å². The summed E-state index contributed by atoms with van der Waals surface area (Å²) < 4.78 is 5.38. The van der Waals surface area contributed by atoms with E-state index in [1.54, 1.807) is 20.8 Å². The Hall–Kier alpha value is -2.93. The van der Waals surface area contributed by atoms with E-state index in [0.717, 1.165) is 37.3 Å². The SMILES string of the molecule is CC(C)(C)OC(=O)N[C@@H](C(=O)N1CCN(CCc2ccccn2)CC1)c1ccccc1. The van der Waals surface area contributed by atoms with Crippen LogP contribution in [0.5, 0.6) is 0 Å². The van der Waals surface area contributed by atoms with Crippen LogP contribution in [0, 0.1) is 0 Å². The summed E-state index contributed by atoms with van der Waals surface area (Å²) in [4.78, 5) is 34.2. The van der Waals surface area contributed by atoms with Gasteiger partial charge in [-0.2, -0.15) is 0 Å². The number of pyridine rings is 1. The molecule has 166 valence electrons. The Labute approximate surface area is 184 Å². The number of benzene rings is 1. The molecule has 0 aliphatic carbocycles. The van der Waals surface area contributed by atoms with Crippen LogP contribution < -0.4 is 5.32 Å². The number of hydrogen-bond donors (Lipinski definition) is 1. The lowest BCUT2D eigenvalue weighted by Crippen LogP contribution is -2.52. The molecule has 1 aliphatic heterocycles. The number of carbonyl (C=O) groups is 2. The summed E-state index contributed by atoms with van der Waals surface area (Å²) in [5.74, 6) is -0.110. The van der Waals surface area contributed by atoms with Gasteiger partial charge in [-0.25, -0.2) is 4.79 Å². The average molecular weight is 425 g/mol. The van der Waals surface area contributed by atoms with Crippen LogP contribution in [0.1, 0.15) is 38.1 Å². The lowest BCUT2D eigenvalue weighted by atomic mass is 10.1. The van der Waals surface area contributed by atoms with Crippen LogP contribution >= 0.6 is 0 Å². The van der Waals surface area contributed by atoms with Crippen molar-refractivity contribution in [1.29, 1.82) is 0 Å². The Kier molecular flexibility index (Phi) is 7.63. The average Bonchev–Trinajstić information content (AvgIpc) is 2.76. The zero-order chi connectivity index (χ0) is 22.3. The van der Waals surface area contributed by atoms with E-state index in [0.29, 0.717) is 13.1 Å². The second-order valence-electron chi connectivity index (χ2n) is 8.73. The molecule has 1 N–H and O–H groups in total. The fourth-order valence-electron chi connectivity index (χ4n) is 3.55. The standard InChI is InChI=1S/C24H32N4O3/c1-24(2,3)31-23(30)26-21(19-9-5-4-6-10-19)22(29)28-17-15-27(16-18-28)14-12-20-11-7-8-13-25-20/h4-11,13,21H,12,14-18H2,1-3H3,(H,26,30)/t21-/m1/s1. The first kappa shape index (κ1) is 22.7. The number of carbonyl (C=O) groups excluding carboxylic acids is 2. The Morgan fingerprint density at radius 2 is 1.71 bits per heavy atom. The molecule has 0 radical (unpaired) electrons. The zero-order valence-electron chi connectivity index (χ0n) is 18.6. The van der Waals surface area contributed by atoms with Gasteiger partial charge in [0.2, 0.25) is 5.91 Å². The topological polar surface area (TPSA) is 74.8 Å². The summed E-state index contributed by atoms with van der Waals surface area (Å²) in [7, 11) is 0. The van der Waals surface area contributed by atoms with E-state index < -0.39 is 17.7 Å². The van der Waals surface area contributed by atoms with Crippen molar-refractivity contribution in [3.8, 4) is 0 Å². The van der Waals surface area contributed by atoms with Gasteiger partial charge in [0.15, 0.2) is 0 Å². The number of nitrogens with zero attached hydrogens (tertiary/aromatic N) is 3. The van der Waals surface area contributed by atoms with Gasteiger partial charge >= 0.3 is 6.09 Å². The van der Waals surface area contributed by atoms with E-state index in [1.807, 2.05) is 59.6 Å². The van der Waals surface area contributed by atoms with Crippen LogP contribution in [0.3, 0.4) is 0 Å². The van der Waals surface area contributed by atoms with Crippen molar-refractivity contribution >= 4 is 12.0 Å². The Bertz CT molecular complexity index is 844. The highest BCUT2D eigenvalue weighted by molar-refractivity contribution is 5.87. The summed E-state index contributed by atoms with van der Waals surface area (Å²) in [6.07, 6.45) is 2.11. The van der Waals surface area contributed by atoms with Crippen molar-refractivity contribution in [3.63, 3.8) is 0 Å². The number of hydrogen-bond acceptors (Lipinski definition) is 5. The minimum absolute atomic E-state index is 0.110. The van der Waals surface area contributed by atoms with Gasteiger partial charge in [-0.3, -0.25) is 14.7 Å². The van der Waals surface area contributed by atoms with E-state index in [2.05, 4.69) is 15.2 Å². The molecule has 0 spiro atoms. The Balaban J connectivity index is 1.59. The number of ether oxygens (including phenoxy) is 1. The maximum absolute atomic E-state index is 13.3. The molecule has 2 aromatic rings. The molecule has 2 amide bonds. The van der Waals surface area contributed by atoms with E-state index in [9.17, 15) is 9.59 Å². The number of piperazine rings is 1. The van der Waals surface area contributed by atoms with Gasteiger partial charge in [0, 0.05) is 51.0 Å². The fraction of sp³-hybridized carbons (Fsp3) is 0.458. The van der Waals surface area contributed by atoms with Crippen LogP contribution in [0.25, 0.3) is 0 Å². The summed E-state index contributed by atoms with van der Waals surface area (Å²) >= 11 is 0. The zero-order valence-corrected chi connectivity index (χ0v) is 18.6. The number of rotatable bonds is 6. The van der Waals surface area contributed by atoms with Gasteiger partial charge in [0.1, 0.15) is 11.6 Å². The van der Waals surface area contributed by atoms with Gasteiger partial charge < -0.3 is 15.0 Å². The van der Waals surface area contributed by atoms with E-state index >= 15 is 0 Å². The van der Waals surface area contributed by atoms with E-state index in [4.69, 9.17) is 4.74 Å². The maximum atomic E-state index is 13.3. The molecule has 1 aliphatic rings. The highest BCUT2D eigenvalue weighted by Crippen LogP contribution is 2.19. The second-order valence-corrected chi connectivity index (χ2v) is 8.73. The molecule has 0 bridgehead atoms. The number of alkyl carbamates (subject to hydrolysis) is 1. The lowest BCUT2D eigenvalue weighted by molar-refractivity contribution is -0.135. The minimum Gasteiger partial charge on any atom is -0.444 e. The minimum atomic E-state index is -0.767. The third-order valence-corrected chi connectivity index (χ3v) is 5.14. The maximum Gasteiger partial charge on any atom is 0.408 e. The monoisotopic (exact) mass is 424 g/mol. The molecule has 31 heavy (non-hydrogen) atoms. The molecule has 1 saturated heterocycles. The van der Waals surface area contributed by atoms with Crippen LogP contribution in [0.4, 0.5) is 4.79 Å². The first-order valence-corrected chi connectivity index (χ1v) is 10.8. The summed E-state index contributed by atoms with van der Waals surface area (Å²) in [6.45, 7) is 9.17. The Morgan fingerprint density at radius 3 is 2.32 bits per heavy atom. The quantitative estimate of drug-likeness (QED) is 0.772. The highest BCUT2D eigenvalue weighted by Gasteiger charge is 2.31. The van der Waals surface area contributed by atoms with Gasteiger partial charge in [-0.15, -0.1) is 0 Å². The summed E-state index contributed by atoms with van der Waals surface area (Å²) in [5.41, 5.74) is 1.19. The first-order chi connectivity index (χ1) is 14.8. The molecular formula is C24H32N4O3. The Morgan fingerprint density at radius 1 is 1.03 bits per heavy atom. The van der Waals surface area contributed by atoms with Crippen molar-refractivity contribution in [1.82, 2.24) is 20.1 Å². The van der Waals surface area contributed by atoms with Crippen LogP contribution in [-0.2, 0) is 16.0 Å². The van der Waals surface area contributed by atoms with Crippen molar-refractivity contribution in [2.75, 3.05) is 32.7 Å². The lowest BCUT2D eigenvalue weighted by Gasteiger charge is -2.36. The van der Waals surface area contributed by atoms with Crippen LogP contribution in [0.15, 0.2) is 54.7 Å². The number of amides is 2. The molecule has 1 atom stereocenters. The second kappa shape index (κ2) is 10.4. The predicted octanol–water partition coefficient (Wildman–Crippen LogP) is 3.03. The van der Waals surface area contributed by atoms with E-state index in [-0.39, 0.29) is 5.91 Å². The third-order valence-electron chi connectivity index (χ3n) is 5.14. The molecule has 7 heteroatoms. The van der Waals surface area contributed by atoms with Crippen molar-refractivity contribution in [3.05, 3.63) is 66.0 Å². The fourth-order valence-corrected chi connectivity index (χ4v) is 3.55. The smallest absolute Gasteiger partial charge is 0.408 e. The van der Waals surface area contributed by atoms with Crippen molar-refractivity contribution in [2.45, 2.75) is 38.8 Å². The molecule has 3 rings (SSSR count). The normalized spacial score (nSPS) is 15.9. The summed E-state index contributed by atoms with van der Waals surface area (Å²) in [6, 6.07) is 14.5. The van der Waals surface area contributed by atoms with Crippen LogP contribution in [-0.4, -0.2) is 65.1 Å². The van der Waals surface area contributed by atoms with E-state index in [1.165, 1.54) is 0 Å². The molecule has 7 nitrogen and oxygen atoms in total. The molecule has 0 saturated carbocycles. The van der Waals surface area contributed by atoms with Crippen molar-refractivity contribution < 1.29 is 14.3 Å². The van der Waals surface area contributed by atoms with Gasteiger partial charge in [-0.1, -0.05) is 36.4 Å². The molecule has 2 heterocycles. The van der Waals surface area contributed by atoms with Gasteiger partial charge in [0.25, 0.3) is 0 Å². The largest absolute Gasteiger partial charge is 0.444 e. The number of aromatic nitrogens is 1. The van der Waals surface area contributed by atoms with Gasteiger partial charge in [0.05, 0.1) is 0 Å². The predicted molar refractivity (Wildman–Crippen MR) is 120 cm³/mol. The van der Waals surface area contributed by atoms with Crippen LogP contribution in [0.2, 0.25) is 0 Å². The number of nitrogens with one attached hydrogen (secondary N) is 1. The molecule has 0 unspecified atom stereocenters. The molecule has 1 fully saturated rings. The highest BCUT2D eigenvalue weighted by atomic mass is 16.6. The van der Waals surface area contributed by atoms with Crippen molar-refractivity contribution in [2.24, 2.45) is 0 Å². The summed E-state index contributed by atoms with van der Waals surface area (Å²) in [5, 5.41) is 2.77.